The van der Waals surface area contributed by atoms with Crippen LogP contribution in [0.15, 0.2) is 24.3 Å². The minimum absolute atomic E-state index is 0.273. The first-order chi connectivity index (χ1) is 11.1. The molecule has 0 spiro atoms. The van der Waals surface area contributed by atoms with Crippen LogP contribution in [0.25, 0.3) is 0 Å². The molecule has 1 saturated heterocycles. The van der Waals surface area contributed by atoms with Crippen molar-refractivity contribution in [3.05, 3.63) is 35.7 Å². The number of likely N-dealkylation sites (tertiary alicyclic amines) is 1. The average molecular weight is 313 g/mol. The number of benzene rings is 1. The summed E-state index contributed by atoms with van der Waals surface area (Å²) in [5, 5.41) is 3.25. The lowest BCUT2D eigenvalue weighted by Gasteiger charge is -2.29. The van der Waals surface area contributed by atoms with Crippen molar-refractivity contribution in [3.63, 3.8) is 0 Å². The van der Waals surface area contributed by atoms with Crippen molar-refractivity contribution in [2.45, 2.75) is 45.7 Å². The Balaban J connectivity index is 1.77. The van der Waals surface area contributed by atoms with Crippen LogP contribution in [0.1, 0.15) is 37.6 Å². The molecule has 0 aliphatic carbocycles. The maximum absolute atomic E-state index is 5.88. The molecule has 1 aliphatic heterocycles. The number of hydrogen-bond acceptors (Lipinski definition) is 5. The summed E-state index contributed by atoms with van der Waals surface area (Å²) in [6, 6.07) is 8.70. The fraction of sp³-hybridized carbons (Fsp3) is 0.471. The van der Waals surface area contributed by atoms with Gasteiger partial charge in [-0.05, 0) is 44.7 Å². The molecule has 1 fully saturated rings. The van der Waals surface area contributed by atoms with E-state index in [-0.39, 0.29) is 5.95 Å². The molecule has 0 bridgehead atoms. The predicted molar refractivity (Wildman–Crippen MR) is 91.5 cm³/mol. The second-order valence-corrected chi connectivity index (χ2v) is 6.36. The van der Waals surface area contributed by atoms with Gasteiger partial charge in [0, 0.05) is 5.69 Å². The Morgan fingerprint density at radius 1 is 1.22 bits per heavy atom. The van der Waals surface area contributed by atoms with E-state index in [9.17, 15) is 0 Å². The highest BCUT2D eigenvalue weighted by molar-refractivity contribution is 5.58. The molecule has 122 valence electrons. The number of aryl methyl sites for hydroxylation is 1. The fourth-order valence-corrected chi connectivity index (χ4v) is 3.13. The van der Waals surface area contributed by atoms with Crippen molar-refractivity contribution in [2.75, 3.05) is 17.6 Å². The van der Waals surface area contributed by atoms with Crippen LogP contribution in [0.2, 0.25) is 0 Å². The van der Waals surface area contributed by atoms with Crippen molar-refractivity contribution in [1.29, 1.82) is 0 Å². The van der Waals surface area contributed by atoms with E-state index in [0.29, 0.717) is 12.0 Å². The molecule has 3 rings (SSSR count). The Hall–Kier alpha value is -2.21. The predicted octanol–water partition coefficient (Wildman–Crippen LogP) is 1.46. The van der Waals surface area contributed by atoms with Crippen LogP contribution in [-0.2, 0) is 6.54 Å². The molecule has 6 heteroatoms. The SMILES string of the molecule is Cc1ccccc1Nc1nc(N)nc(C[NH+]2CCCC[C@@H]2C)n1. The first-order valence-corrected chi connectivity index (χ1v) is 8.29. The molecule has 2 heterocycles. The van der Waals surface area contributed by atoms with Gasteiger partial charge >= 0.3 is 0 Å². The third-order valence-electron chi connectivity index (χ3n) is 4.56. The number of nitrogens with zero attached hydrogens (tertiary/aromatic N) is 3. The molecule has 0 saturated carbocycles. The zero-order chi connectivity index (χ0) is 16.2. The number of quaternary nitrogens is 1. The molecule has 1 aromatic carbocycles. The van der Waals surface area contributed by atoms with Gasteiger partial charge in [0.1, 0.15) is 6.54 Å². The number of rotatable bonds is 4. The minimum Gasteiger partial charge on any atom is -0.368 e. The number of piperidine rings is 1. The lowest BCUT2D eigenvalue weighted by atomic mass is 10.0. The van der Waals surface area contributed by atoms with Gasteiger partial charge in [0.15, 0.2) is 5.82 Å². The normalized spacial score (nSPS) is 21.1. The number of anilines is 3. The van der Waals surface area contributed by atoms with Crippen molar-refractivity contribution in [3.8, 4) is 0 Å². The van der Waals surface area contributed by atoms with Gasteiger partial charge < -0.3 is 16.0 Å². The number of para-hydroxylation sites is 1. The van der Waals surface area contributed by atoms with Gasteiger partial charge in [0.2, 0.25) is 11.9 Å². The van der Waals surface area contributed by atoms with Gasteiger partial charge in [0.05, 0.1) is 12.6 Å². The van der Waals surface area contributed by atoms with Crippen LogP contribution in [0.4, 0.5) is 17.6 Å². The van der Waals surface area contributed by atoms with E-state index in [0.717, 1.165) is 23.6 Å². The summed E-state index contributed by atoms with van der Waals surface area (Å²) in [4.78, 5) is 14.6. The van der Waals surface area contributed by atoms with E-state index in [2.05, 4.69) is 27.2 Å². The number of nitrogen functional groups attached to an aromatic ring is 1. The van der Waals surface area contributed by atoms with Crippen LogP contribution < -0.4 is 16.0 Å². The molecule has 1 aromatic heterocycles. The Morgan fingerprint density at radius 3 is 2.83 bits per heavy atom. The number of hydrogen-bond donors (Lipinski definition) is 3. The molecule has 2 aromatic rings. The molecule has 4 N–H and O–H groups in total. The topological polar surface area (TPSA) is 81.2 Å². The van der Waals surface area contributed by atoms with Crippen LogP contribution >= 0.6 is 0 Å². The molecule has 1 unspecified atom stereocenters. The van der Waals surface area contributed by atoms with Gasteiger partial charge in [-0.1, -0.05) is 18.2 Å². The largest absolute Gasteiger partial charge is 0.368 e. The van der Waals surface area contributed by atoms with Crippen molar-refractivity contribution in [2.24, 2.45) is 0 Å². The molecular weight excluding hydrogens is 288 g/mol. The molecule has 0 radical (unpaired) electrons. The van der Waals surface area contributed by atoms with Gasteiger partial charge in [-0.15, -0.1) is 0 Å². The van der Waals surface area contributed by atoms with E-state index in [1.807, 2.05) is 31.2 Å². The van der Waals surface area contributed by atoms with E-state index in [1.165, 1.54) is 30.7 Å². The monoisotopic (exact) mass is 313 g/mol. The molecule has 1 aliphatic rings. The smallest absolute Gasteiger partial charge is 0.232 e. The Bertz CT molecular complexity index is 672. The third kappa shape index (κ3) is 3.96. The highest BCUT2D eigenvalue weighted by Gasteiger charge is 2.23. The van der Waals surface area contributed by atoms with Crippen LogP contribution in [0.3, 0.4) is 0 Å². The third-order valence-corrected chi connectivity index (χ3v) is 4.56. The zero-order valence-electron chi connectivity index (χ0n) is 13.8. The molecular formula is C17H25N6+. The maximum atomic E-state index is 5.88. The van der Waals surface area contributed by atoms with Gasteiger partial charge in [-0.25, -0.2) is 0 Å². The Labute approximate surface area is 137 Å². The molecule has 6 nitrogen and oxygen atoms in total. The lowest BCUT2D eigenvalue weighted by molar-refractivity contribution is -0.942. The summed E-state index contributed by atoms with van der Waals surface area (Å²) >= 11 is 0. The standard InChI is InChI=1S/C17H24N6/c1-12-7-3-4-9-14(12)19-17-21-15(20-16(18)22-17)11-23-10-6-5-8-13(23)2/h3-4,7,9,13H,5-6,8,10-11H2,1-2H3,(H3,18,19,20,21,22)/p+1/t13-/m0/s1. The first kappa shape index (κ1) is 15.7. The Morgan fingerprint density at radius 2 is 2.04 bits per heavy atom. The van der Waals surface area contributed by atoms with E-state index in [4.69, 9.17) is 5.73 Å². The van der Waals surface area contributed by atoms with E-state index < -0.39 is 0 Å². The van der Waals surface area contributed by atoms with Crippen LogP contribution in [0.5, 0.6) is 0 Å². The summed E-state index contributed by atoms with van der Waals surface area (Å²) in [6.45, 7) is 6.32. The average Bonchev–Trinajstić information content (AvgIpc) is 2.51. The van der Waals surface area contributed by atoms with Crippen molar-refractivity contribution in [1.82, 2.24) is 15.0 Å². The van der Waals surface area contributed by atoms with Crippen molar-refractivity contribution < 1.29 is 4.90 Å². The highest BCUT2D eigenvalue weighted by atomic mass is 15.2. The van der Waals surface area contributed by atoms with Gasteiger partial charge in [-0.2, -0.15) is 15.0 Å². The summed E-state index contributed by atoms with van der Waals surface area (Å²) in [6.07, 6.45) is 3.86. The second-order valence-electron chi connectivity index (χ2n) is 6.36. The molecule has 23 heavy (non-hydrogen) atoms. The number of aromatic nitrogens is 3. The summed E-state index contributed by atoms with van der Waals surface area (Å²) in [5.41, 5.74) is 8.01. The fourth-order valence-electron chi connectivity index (χ4n) is 3.13. The van der Waals surface area contributed by atoms with Gasteiger partial charge in [-0.3, -0.25) is 0 Å². The van der Waals surface area contributed by atoms with Crippen LogP contribution in [0, 0.1) is 6.92 Å². The summed E-state index contributed by atoms with van der Waals surface area (Å²) in [5.74, 6) is 1.55. The van der Waals surface area contributed by atoms with Crippen LogP contribution in [-0.4, -0.2) is 27.5 Å². The summed E-state index contributed by atoms with van der Waals surface area (Å²) in [7, 11) is 0. The Kier molecular flexibility index (Phi) is 4.71. The lowest BCUT2D eigenvalue weighted by Crippen LogP contribution is -3.15. The second kappa shape index (κ2) is 6.91. The minimum atomic E-state index is 0.273. The van der Waals surface area contributed by atoms with E-state index in [1.54, 1.807) is 0 Å². The number of nitrogens with one attached hydrogen (secondary N) is 2. The van der Waals surface area contributed by atoms with E-state index >= 15 is 0 Å². The number of nitrogens with two attached hydrogens (primary N) is 1. The molecule has 0 amide bonds. The van der Waals surface area contributed by atoms with Crippen molar-refractivity contribution >= 4 is 17.6 Å². The van der Waals surface area contributed by atoms with Gasteiger partial charge in [0.25, 0.3) is 0 Å². The first-order valence-electron chi connectivity index (χ1n) is 8.29. The maximum Gasteiger partial charge on any atom is 0.232 e. The molecule has 2 atom stereocenters. The summed E-state index contributed by atoms with van der Waals surface area (Å²) < 4.78 is 0. The zero-order valence-corrected chi connectivity index (χ0v) is 13.8. The highest BCUT2D eigenvalue weighted by Crippen LogP contribution is 2.17. The quantitative estimate of drug-likeness (QED) is 0.796.